The van der Waals surface area contributed by atoms with Crippen LogP contribution >= 0.6 is 0 Å². The Balaban J connectivity index is 1.32. The lowest BCUT2D eigenvalue weighted by Crippen LogP contribution is -2.25. The lowest BCUT2D eigenvalue weighted by atomic mass is 10.2. The molecule has 0 unspecified atom stereocenters. The van der Waals surface area contributed by atoms with Crippen molar-refractivity contribution >= 4 is 5.91 Å². The summed E-state index contributed by atoms with van der Waals surface area (Å²) >= 11 is 0. The van der Waals surface area contributed by atoms with E-state index in [0.717, 1.165) is 5.56 Å². The van der Waals surface area contributed by atoms with Crippen molar-refractivity contribution in [3.63, 3.8) is 0 Å². The molecule has 0 atom stereocenters. The maximum absolute atomic E-state index is 12.4. The molecule has 1 amide bonds. The summed E-state index contributed by atoms with van der Waals surface area (Å²) < 4.78 is 16.1. The van der Waals surface area contributed by atoms with E-state index in [1.54, 1.807) is 30.3 Å². The molecule has 2 N–H and O–H groups in total. The van der Waals surface area contributed by atoms with Crippen LogP contribution in [0.25, 0.3) is 11.4 Å². The molecule has 4 rings (SSSR count). The predicted octanol–water partition coefficient (Wildman–Crippen LogP) is 2.37. The highest BCUT2D eigenvalue weighted by Crippen LogP contribution is 2.32. The van der Waals surface area contributed by atoms with E-state index in [1.165, 1.54) is 0 Å². The molecular weight excluding hydrogens is 412 g/mol. The first-order valence-electron chi connectivity index (χ1n) is 10.1. The number of carbonyl (C=O) groups excluding carboxylic acids is 1. The Hall–Kier alpha value is -4.14. The van der Waals surface area contributed by atoms with Crippen LogP contribution in [0, 0.1) is 0 Å². The molecule has 0 bridgehead atoms. The second-order valence-electron chi connectivity index (χ2n) is 7.04. The van der Waals surface area contributed by atoms with Crippen molar-refractivity contribution in [2.24, 2.45) is 0 Å². The molecule has 0 aliphatic carbocycles. The van der Waals surface area contributed by atoms with Crippen molar-refractivity contribution in [3.8, 4) is 28.6 Å². The zero-order valence-corrected chi connectivity index (χ0v) is 17.3. The Morgan fingerprint density at radius 2 is 2.06 bits per heavy atom. The number of amides is 1. The van der Waals surface area contributed by atoms with Crippen molar-refractivity contribution in [3.05, 3.63) is 76.7 Å². The van der Waals surface area contributed by atoms with Crippen LogP contribution in [0.3, 0.4) is 0 Å². The Kier molecular flexibility index (Phi) is 6.45. The summed E-state index contributed by atoms with van der Waals surface area (Å²) in [6.45, 7) is 4.54. The number of ether oxygens (including phenoxy) is 3. The van der Waals surface area contributed by atoms with Crippen LogP contribution in [0.1, 0.15) is 17.7 Å². The van der Waals surface area contributed by atoms with Gasteiger partial charge in [-0.15, -0.1) is 10.2 Å². The fourth-order valence-corrected chi connectivity index (χ4v) is 3.11. The highest BCUT2D eigenvalue weighted by molar-refractivity contribution is 5.76. The molecule has 9 heteroatoms. The number of H-pyrrole nitrogens is 1. The number of hydrogen-bond donors (Lipinski definition) is 2. The summed E-state index contributed by atoms with van der Waals surface area (Å²) in [6.07, 6.45) is 1.94. The number of rotatable bonds is 9. The molecule has 164 valence electrons. The van der Waals surface area contributed by atoms with Gasteiger partial charge in [-0.3, -0.25) is 9.59 Å². The second kappa shape index (κ2) is 9.78. The van der Waals surface area contributed by atoms with E-state index in [1.807, 2.05) is 18.2 Å². The largest absolute Gasteiger partial charge is 0.490 e. The van der Waals surface area contributed by atoms with Crippen LogP contribution in [-0.4, -0.2) is 34.5 Å². The molecule has 3 aromatic rings. The van der Waals surface area contributed by atoms with Crippen LogP contribution < -0.4 is 25.1 Å². The van der Waals surface area contributed by atoms with Gasteiger partial charge < -0.3 is 24.5 Å². The van der Waals surface area contributed by atoms with E-state index in [0.29, 0.717) is 41.8 Å². The van der Waals surface area contributed by atoms with E-state index in [2.05, 4.69) is 27.1 Å². The molecule has 1 aromatic heterocycles. The lowest BCUT2D eigenvalue weighted by Gasteiger charge is -2.07. The number of carbonyl (C=O) groups is 1. The fraction of sp³-hybridized carbons (Fsp3) is 0.217. The molecule has 0 saturated heterocycles. The quantitative estimate of drug-likeness (QED) is 0.497. The molecule has 0 fully saturated rings. The van der Waals surface area contributed by atoms with Crippen LogP contribution in [-0.2, 0) is 17.8 Å². The SMILES string of the molecule is C=CCOc1cccc(-c2nnc(CCC(=O)NCc3ccc4c(c3)OCO4)c(=O)[nH]2)c1. The third-order valence-electron chi connectivity index (χ3n) is 4.76. The third-order valence-corrected chi connectivity index (χ3v) is 4.76. The zero-order chi connectivity index (χ0) is 22.3. The van der Waals surface area contributed by atoms with Crippen LogP contribution in [0.4, 0.5) is 0 Å². The Labute approximate surface area is 184 Å². The Morgan fingerprint density at radius 3 is 2.91 bits per heavy atom. The summed E-state index contributed by atoms with van der Waals surface area (Å²) in [4.78, 5) is 27.3. The highest BCUT2D eigenvalue weighted by Gasteiger charge is 2.14. The molecule has 0 radical (unpaired) electrons. The Bertz CT molecular complexity index is 1190. The van der Waals surface area contributed by atoms with Gasteiger partial charge in [-0.25, -0.2) is 0 Å². The molecule has 2 aromatic carbocycles. The monoisotopic (exact) mass is 434 g/mol. The van der Waals surface area contributed by atoms with Gasteiger partial charge in [-0.05, 0) is 29.8 Å². The predicted molar refractivity (Wildman–Crippen MR) is 117 cm³/mol. The van der Waals surface area contributed by atoms with Gasteiger partial charge in [0.2, 0.25) is 12.7 Å². The maximum Gasteiger partial charge on any atom is 0.273 e. The topological polar surface area (TPSA) is 115 Å². The van der Waals surface area contributed by atoms with Crippen LogP contribution in [0.15, 0.2) is 59.9 Å². The number of aromatic nitrogens is 3. The first-order valence-corrected chi connectivity index (χ1v) is 10.1. The second-order valence-corrected chi connectivity index (χ2v) is 7.04. The van der Waals surface area contributed by atoms with Gasteiger partial charge in [0.25, 0.3) is 5.56 Å². The van der Waals surface area contributed by atoms with E-state index in [-0.39, 0.29) is 36.8 Å². The number of hydrogen-bond acceptors (Lipinski definition) is 7. The number of nitrogens with one attached hydrogen (secondary N) is 2. The summed E-state index contributed by atoms with van der Waals surface area (Å²) in [5.41, 5.74) is 1.38. The third kappa shape index (κ3) is 5.12. The minimum absolute atomic E-state index is 0.118. The molecule has 0 spiro atoms. The van der Waals surface area contributed by atoms with E-state index in [4.69, 9.17) is 14.2 Å². The van der Waals surface area contributed by atoms with E-state index in [9.17, 15) is 9.59 Å². The standard InChI is InChI=1S/C23H22N4O5/c1-2-10-30-17-5-3-4-16(12-17)22-25-23(29)18(26-27-22)7-9-21(28)24-13-15-6-8-19-20(11-15)32-14-31-19/h2-6,8,11-12H,1,7,9-10,13-14H2,(H,24,28)(H,25,27,29). The van der Waals surface area contributed by atoms with Crippen molar-refractivity contribution < 1.29 is 19.0 Å². The first-order chi connectivity index (χ1) is 15.6. The summed E-state index contributed by atoms with van der Waals surface area (Å²) in [5, 5.41) is 10.9. The summed E-state index contributed by atoms with van der Waals surface area (Å²) in [7, 11) is 0. The van der Waals surface area contributed by atoms with Crippen molar-refractivity contribution in [2.75, 3.05) is 13.4 Å². The summed E-state index contributed by atoms with van der Waals surface area (Å²) in [5.74, 6) is 2.12. The number of fused-ring (bicyclic) bond motifs is 1. The first kappa shape index (κ1) is 21.1. The van der Waals surface area contributed by atoms with Gasteiger partial charge in [0.05, 0.1) is 0 Å². The molecule has 1 aliphatic heterocycles. The number of nitrogens with zero attached hydrogens (tertiary/aromatic N) is 2. The average Bonchev–Trinajstić information content (AvgIpc) is 3.28. The van der Waals surface area contributed by atoms with Gasteiger partial charge in [0.1, 0.15) is 18.1 Å². The number of aryl methyl sites for hydroxylation is 1. The van der Waals surface area contributed by atoms with Crippen molar-refractivity contribution in [1.82, 2.24) is 20.5 Å². The molecule has 32 heavy (non-hydrogen) atoms. The van der Waals surface area contributed by atoms with Crippen molar-refractivity contribution in [2.45, 2.75) is 19.4 Å². The van der Waals surface area contributed by atoms with Gasteiger partial charge >= 0.3 is 0 Å². The normalized spacial score (nSPS) is 11.8. The smallest absolute Gasteiger partial charge is 0.273 e. The minimum Gasteiger partial charge on any atom is -0.490 e. The summed E-state index contributed by atoms with van der Waals surface area (Å²) in [6, 6.07) is 12.6. The van der Waals surface area contributed by atoms with Gasteiger partial charge in [0.15, 0.2) is 17.3 Å². The highest BCUT2D eigenvalue weighted by atomic mass is 16.7. The van der Waals surface area contributed by atoms with Crippen LogP contribution in [0.2, 0.25) is 0 Å². The fourth-order valence-electron chi connectivity index (χ4n) is 3.11. The van der Waals surface area contributed by atoms with Gasteiger partial charge in [-0.2, -0.15) is 0 Å². The van der Waals surface area contributed by atoms with Crippen LogP contribution in [0.5, 0.6) is 17.2 Å². The maximum atomic E-state index is 12.4. The van der Waals surface area contributed by atoms with E-state index >= 15 is 0 Å². The van der Waals surface area contributed by atoms with Gasteiger partial charge in [0, 0.05) is 24.9 Å². The molecule has 1 aliphatic rings. The molecule has 2 heterocycles. The molecule has 9 nitrogen and oxygen atoms in total. The molecule has 0 saturated carbocycles. The lowest BCUT2D eigenvalue weighted by molar-refractivity contribution is -0.121. The number of benzene rings is 2. The van der Waals surface area contributed by atoms with Gasteiger partial charge in [-0.1, -0.05) is 30.9 Å². The Morgan fingerprint density at radius 1 is 1.19 bits per heavy atom. The zero-order valence-electron chi connectivity index (χ0n) is 17.3. The molecular formula is C23H22N4O5. The van der Waals surface area contributed by atoms with E-state index < -0.39 is 0 Å². The van der Waals surface area contributed by atoms with Crippen molar-refractivity contribution in [1.29, 1.82) is 0 Å². The number of aromatic amines is 1. The minimum atomic E-state index is -0.379. The average molecular weight is 434 g/mol.